The zero-order valence-corrected chi connectivity index (χ0v) is 22.4. The van der Waals surface area contributed by atoms with Gasteiger partial charge in [-0.05, 0) is 72.3 Å². The van der Waals surface area contributed by atoms with Crippen molar-refractivity contribution in [3.63, 3.8) is 0 Å². The minimum atomic E-state index is -0.575. The number of carbonyl (C=O) groups is 4. The summed E-state index contributed by atoms with van der Waals surface area (Å²) in [6.45, 7) is 0. The van der Waals surface area contributed by atoms with Gasteiger partial charge in [0.2, 0.25) is 11.8 Å². The molecule has 204 valence electrons. The first-order valence-electron chi connectivity index (χ1n) is 12.7. The maximum atomic E-state index is 13.4. The van der Waals surface area contributed by atoms with E-state index in [4.69, 9.17) is 0 Å². The molecule has 2 N–H and O–H groups in total. The molecule has 1 unspecified atom stereocenters. The molecule has 4 amide bonds. The average Bonchev–Trinajstić information content (AvgIpc) is 3.27. The van der Waals surface area contributed by atoms with E-state index in [9.17, 15) is 23.6 Å². The molecular formula is C32H24FN3O4S. The lowest BCUT2D eigenvalue weighted by Crippen LogP contribution is -2.31. The Labute approximate surface area is 240 Å². The average molecular weight is 566 g/mol. The van der Waals surface area contributed by atoms with Crippen molar-refractivity contribution in [1.29, 1.82) is 0 Å². The molecule has 1 aliphatic heterocycles. The molecule has 7 nitrogen and oxygen atoms in total. The van der Waals surface area contributed by atoms with Gasteiger partial charge in [-0.2, -0.15) is 0 Å². The molecule has 5 rings (SSSR count). The zero-order chi connectivity index (χ0) is 28.8. The molecule has 1 aliphatic rings. The Kier molecular flexibility index (Phi) is 8.36. The van der Waals surface area contributed by atoms with Crippen molar-refractivity contribution in [2.45, 2.75) is 16.6 Å². The Morgan fingerprint density at radius 3 is 2.12 bits per heavy atom. The molecule has 1 saturated heterocycles. The van der Waals surface area contributed by atoms with E-state index in [-0.39, 0.29) is 23.9 Å². The van der Waals surface area contributed by atoms with E-state index in [1.807, 2.05) is 6.07 Å². The van der Waals surface area contributed by atoms with Gasteiger partial charge >= 0.3 is 0 Å². The van der Waals surface area contributed by atoms with E-state index in [1.54, 1.807) is 78.9 Å². The van der Waals surface area contributed by atoms with Crippen molar-refractivity contribution in [3.05, 3.63) is 132 Å². The van der Waals surface area contributed by atoms with Gasteiger partial charge in [-0.1, -0.05) is 48.5 Å². The van der Waals surface area contributed by atoms with Gasteiger partial charge in [0.05, 0.1) is 10.9 Å². The van der Waals surface area contributed by atoms with Crippen LogP contribution < -0.4 is 15.5 Å². The summed E-state index contributed by atoms with van der Waals surface area (Å²) in [6.07, 6.45) is 1.55. The van der Waals surface area contributed by atoms with Gasteiger partial charge in [0.1, 0.15) is 11.5 Å². The molecule has 1 atom stereocenters. The maximum absolute atomic E-state index is 13.4. The van der Waals surface area contributed by atoms with Crippen molar-refractivity contribution in [1.82, 2.24) is 5.32 Å². The number of nitrogens with one attached hydrogen (secondary N) is 2. The first-order valence-corrected chi connectivity index (χ1v) is 13.6. The van der Waals surface area contributed by atoms with Gasteiger partial charge in [-0.3, -0.25) is 19.2 Å². The summed E-state index contributed by atoms with van der Waals surface area (Å²) in [5.41, 5.74) is 1.87. The number of amides is 4. The SMILES string of the molecule is O=C(Nc1ccc(SC2CC(=O)N(c3ccccc3)C2=O)cc1)/C(=C/c1ccc(F)cc1)NC(=O)c1ccccc1. The van der Waals surface area contributed by atoms with Crippen LogP contribution in [0.2, 0.25) is 0 Å². The van der Waals surface area contributed by atoms with E-state index in [2.05, 4.69) is 10.6 Å². The second kappa shape index (κ2) is 12.4. The first kappa shape index (κ1) is 27.5. The molecule has 9 heteroatoms. The second-order valence-corrected chi connectivity index (χ2v) is 10.4. The second-order valence-electron chi connectivity index (χ2n) is 9.12. The Bertz CT molecular complexity index is 1610. The molecular weight excluding hydrogens is 541 g/mol. The normalized spacial score (nSPS) is 15.1. The highest BCUT2D eigenvalue weighted by molar-refractivity contribution is 8.00. The number of para-hydroxylation sites is 1. The van der Waals surface area contributed by atoms with Crippen molar-refractivity contribution >= 4 is 52.8 Å². The van der Waals surface area contributed by atoms with Gasteiger partial charge in [0.15, 0.2) is 0 Å². The maximum Gasteiger partial charge on any atom is 0.272 e. The molecule has 1 fully saturated rings. The van der Waals surface area contributed by atoms with E-state index >= 15 is 0 Å². The third kappa shape index (κ3) is 6.77. The predicted octanol–water partition coefficient (Wildman–Crippen LogP) is 5.66. The number of rotatable bonds is 8. The van der Waals surface area contributed by atoms with Crippen molar-refractivity contribution < 1.29 is 23.6 Å². The first-order chi connectivity index (χ1) is 19.9. The van der Waals surface area contributed by atoms with Crippen molar-refractivity contribution in [3.8, 4) is 0 Å². The number of carbonyl (C=O) groups excluding carboxylic acids is 4. The summed E-state index contributed by atoms with van der Waals surface area (Å²) in [5.74, 6) is -1.99. The number of imide groups is 1. The van der Waals surface area contributed by atoms with E-state index in [0.29, 0.717) is 22.5 Å². The van der Waals surface area contributed by atoms with Crippen LogP contribution in [0, 0.1) is 5.82 Å². The van der Waals surface area contributed by atoms with Crippen LogP contribution in [0.15, 0.2) is 120 Å². The summed E-state index contributed by atoms with van der Waals surface area (Å²) in [4.78, 5) is 53.4. The third-order valence-corrected chi connectivity index (χ3v) is 7.42. The number of hydrogen-bond acceptors (Lipinski definition) is 5. The molecule has 0 saturated carbocycles. The Balaban J connectivity index is 1.28. The standard InChI is InChI=1S/C32H24FN3O4S/c33-23-13-11-21(12-14-23)19-27(35-30(38)22-7-3-1-4-8-22)31(39)34-24-15-17-26(18-16-24)41-28-20-29(37)36(32(28)40)25-9-5-2-6-10-25/h1-19,28H,20H2,(H,34,39)(H,35,38)/b27-19-. The van der Waals surface area contributed by atoms with Crippen LogP contribution in [0.3, 0.4) is 0 Å². The van der Waals surface area contributed by atoms with Gasteiger partial charge in [0.25, 0.3) is 11.8 Å². The number of benzene rings is 4. The highest BCUT2D eigenvalue weighted by Gasteiger charge is 2.40. The van der Waals surface area contributed by atoms with E-state index < -0.39 is 22.9 Å². The lowest BCUT2D eigenvalue weighted by Gasteiger charge is -2.15. The Morgan fingerprint density at radius 2 is 1.46 bits per heavy atom. The summed E-state index contributed by atoms with van der Waals surface area (Å²) in [6, 6.07) is 29.6. The predicted molar refractivity (Wildman–Crippen MR) is 157 cm³/mol. The monoisotopic (exact) mass is 565 g/mol. The van der Waals surface area contributed by atoms with Crippen LogP contribution in [0.5, 0.6) is 0 Å². The number of nitrogens with zero attached hydrogens (tertiary/aromatic N) is 1. The number of hydrogen-bond donors (Lipinski definition) is 2. The van der Waals surface area contributed by atoms with Crippen LogP contribution in [0.4, 0.5) is 15.8 Å². The Hall–Kier alpha value is -5.02. The molecule has 0 bridgehead atoms. The molecule has 0 aromatic heterocycles. The zero-order valence-electron chi connectivity index (χ0n) is 21.6. The fourth-order valence-electron chi connectivity index (χ4n) is 4.19. The molecule has 4 aromatic carbocycles. The lowest BCUT2D eigenvalue weighted by molar-refractivity contribution is -0.121. The highest BCUT2D eigenvalue weighted by Crippen LogP contribution is 2.34. The van der Waals surface area contributed by atoms with Gasteiger partial charge in [-0.15, -0.1) is 11.8 Å². The van der Waals surface area contributed by atoms with Crippen LogP contribution >= 0.6 is 11.8 Å². The summed E-state index contributed by atoms with van der Waals surface area (Å²) in [7, 11) is 0. The molecule has 4 aromatic rings. The van der Waals surface area contributed by atoms with Crippen molar-refractivity contribution in [2.75, 3.05) is 10.2 Å². The minimum Gasteiger partial charge on any atom is -0.321 e. The molecule has 1 heterocycles. The number of anilines is 2. The largest absolute Gasteiger partial charge is 0.321 e. The minimum absolute atomic E-state index is 0.0278. The summed E-state index contributed by atoms with van der Waals surface area (Å²) in [5, 5.41) is 4.85. The van der Waals surface area contributed by atoms with Crippen molar-refractivity contribution in [2.24, 2.45) is 0 Å². The van der Waals surface area contributed by atoms with Gasteiger partial charge in [-0.25, -0.2) is 9.29 Å². The quantitative estimate of drug-likeness (QED) is 0.212. The van der Waals surface area contributed by atoms with Gasteiger partial charge < -0.3 is 10.6 Å². The number of halogens is 1. The molecule has 0 aliphatic carbocycles. The van der Waals surface area contributed by atoms with E-state index in [1.165, 1.54) is 47.0 Å². The lowest BCUT2D eigenvalue weighted by atomic mass is 10.1. The highest BCUT2D eigenvalue weighted by atomic mass is 32.2. The van der Waals surface area contributed by atoms with E-state index in [0.717, 1.165) is 4.90 Å². The summed E-state index contributed by atoms with van der Waals surface area (Å²) < 4.78 is 13.4. The number of thioether (sulfide) groups is 1. The fraction of sp³-hybridized carbons (Fsp3) is 0.0625. The topological polar surface area (TPSA) is 95.6 Å². The van der Waals surface area contributed by atoms with Crippen LogP contribution in [-0.4, -0.2) is 28.9 Å². The fourth-order valence-corrected chi connectivity index (χ4v) is 5.25. The summed E-state index contributed by atoms with van der Waals surface area (Å²) >= 11 is 1.28. The molecule has 0 radical (unpaired) electrons. The van der Waals surface area contributed by atoms with Crippen LogP contribution in [-0.2, 0) is 14.4 Å². The van der Waals surface area contributed by atoms with Crippen LogP contribution in [0.1, 0.15) is 22.3 Å². The smallest absolute Gasteiger partial charge is 0.272 e. The molecule has 0 spiro atoms. The van der Waals surface area contributed by atoms with Crippen LogP contribution in [0.25, 0.3) is 6.08 Å². The van der Waals surface area contributed by atoms with Gasteiger partial charge in [0, 0.05) is 22.6 Å². The Morgan fingerprint density at radius 1 is 0.829 bits per heavy atom. The third-order valence-electron chi connectivity index (χ3n) is 6.22. The molecule has 41 heavy (non-hydrogen) atoms.